The lowest BCUT2D eigenvalue weighted by Crippen LogP contribution is -2.43. The molecule has 0 amide bonds. The van der Waals surface area contributed by atoms with Crippen LogP contribution in [0.2, 0.25) is 21.6 Å². The zero-order valence-electron chi connectivity index (χ0n) is 21.8. The van der Waals surface area contributed by atoms with E-state index in [1.165, 1.54) is 12.3 Å². The quantitative estimate of drug-likeness (QED) is 0.198. The van der Waals surface area contributed by atoms with Crippen LogP contribution in [0.1, 0.15) is 52.8 Å². The van der Waals surface area contributed by atoms with Crippen molar-refractivity contribution in [1.29, 1.82) is 0 Å². The Bertz CT molecular complexity index is 1510. The minimum absolute atomic E-state index is 0.107. The van der Waals surface area contributed by atoms with Gasteiger partial charge in [0.15, 0.2) is 5.82 Å². The molecule has 6 heteroatoms. The van der Waals surface area contributed by atoms with Gasteiger partial charge in [0.1, 0.15) is 25.1 Å². The van der Waals surface area contributed by atoms with Gasteiger partial charge in [-0.05, 0) is 41.1 Å². The zero-order valence-corrected chi connectivity index (χ0v) is 23.6. The highest BCUT2D eigenvalue weighted by atomic mass is 35.5. The summed E-state index contributed by atoms with van der Waals surface area (Å²) in [5, 5.41) is 2.18. The summed E-state index contributed by atoms with van der Waals surface area (Å²) < 4.78 is 31.3. The molecule has 2 aromatic carbocycles. The van der Waals surface area contributed by atoms with Crippen LogP contribution in [0.5, 0.6) is 0 Å². The number of halogens is 3. The number of aryl methyl sites for hydroxylation is 1. The molecule has 0 radical (unpaired) electrons. The van der Waals surface area contributed by atoms with E-state index in [2.05, 4.69) is 63.0 Å². The van der Waals surface area contributed by atoms with Crippen LogP contribution in [0.25, 0.3) is 32.9 Å². The lowest BCUT2D eigenvalue weighted by Gasteiger charge is -2.38. The average Bonchev–Trinajstić information content (AvgIpc) is 2.80. The van der Waals surface area contributed by atoms with Crippen LogP contribution in [-0.4, -0.2) is 18.0 Å². The van der Waals surface area contributed by atoms with Crippen LogP contribution < -0.4 is 0 Å². The van der Waals surface area contributed by atoms with E-state index in [1.807, 2.05) is 12.1 Å². The molecule has 186 valence electrons. The fourth-order valence-corrected chi connectivity index (χ4v) is 11.2. The molecule has 0 aliphatic carbocycles. The molecule has 0 N–H and O–H groups in total. The van der Waals surface area contributed by atoms with Crippen LogP contribution in [-0.2, 0) is 0 Å². The summed E-state index contributed by atoms with van der Waals surface area (Å²) in [7, 11) is -2.12. The number of aromatic nitrogens is 2. The number of pyridine rings is 2. The van der Waals surface area contributed by atoms with Gasteiger partial charge in [0.05, 0.1) is 10.6 Å². The molecule has 0 bridgehead atoms. The first kappa shape index (κ1) is 26.3. The van der Waals surface area contributed by atoms with Crippen molar-refractivity contribution in [3.63, 3.8) is 0 Å². The Kier molecular flexibility index (Phi) is 7.23. The Hall–Kier alpha value is -2.81. The van der Waals surface area contributed by atoms with Gasteiger partial charge in [-0.2, -0.15) is 0 Å². The van der Waals surface area contributed by atoms with Gasteiger partial charge in [-0.3, -0.25) is 4.98 Å². The first-order valence-electron chi connectivity index (χ1n) is 12.3. The van der Waals surface area contributed by atoms with Crippen molar-refractivity contribution in [1.82, 2.24) is 9.97 Å². The molecule has 2 nitrogen and oxygen atoms in total. The Morgan fingerprint density at radius 2 is 1.61 bits per heavy atom. The Balaban J connectivity index is 2.05. The first-order valence-corrected chi connectivity index (χ1v) is 15.0. The first-order chi connectivity index (χ1) is 17.0. The summed E-state index contributed by atoms with van der Waals surface area (Å²) in [4.78, 5) is 8.79. The number of rotatable bonds is 4. The molecular formula is C30H31ClF2N2Si. The molecule has 0 spiro atoms. The van der Waals surface area contributed by atoms with Crippen molar-refractivity contribution in [2.24, 2.45) is 0 Å². The van der Waals surface area contributed by atoms with Crippen LogP contribution in [0, 0.1) is 30.0 Å². The second-order valence-corrected chi connectivity index (χ2v) is 16.4. The van der Waals surface area contributed by atoms with Gasteiger partial charge < -0.3 is 0 Å². The monoisotopic (exact) mass is 520 g/mol. The molecule has 0 aliphatic heterocycles. The minimum atomic E-state index is -2.12. The van der Waals surface area contributed by atoms with E-state index >= 15 is 8.78 Å². The maximum atomic E-state index is 15.9. The highest BCUT2D eigenvalue weighted by molar-refractivity contribution is 6.90. The number of fused-ring (bicyclic) bond motifs is 2. The van der Waals surface area contributed by atoms with Crippen LogP contribution in [0.4, 0.5) is 8.78 Å². The van der Waals surface area contributed by atoms with Crippen molar-refractivity contribution < 1.29 is 8.78 Å². The molecule has 4 rings (SSSR count). The van der Waals surface area contributed by atoms with E-state index in [0.29, 0.717) is 49.2 Å². The normalized spacial score (nSPS) is 12.1. The highest BCUT2D eigenvalue weighted by Gasteiger charge is 2.41. The Labute approximate surface area is 218 Å². The van der Waals surface area contributed by atoms with E-state index in [0.717, 1.165) is 5.39 Å². The summed E-state index contributed by atoms with van der Waals surface area (Å²) in [6.07, 6.45) is 1.53. The van der Waals surface area contributed by atoms with Crippen LogP contribution >= 0.6 is 11.6 Å². The highest BCUT2D eigenvalue weighted by Crippen LogP contribution is 2.41. The molecule has 2 heterocycles. The van der Waals surface area contributed by atoms with Gasteiger partial charge in [-0.1, -0.05) is 83.3 Å². The average molecular weight is 521 g/mol. The lowest BCUT2D eigenvalue weighted by atomic mass is 9.96. The molecule has 36 heavy (non-hydrogen) atoms. The maximum Gasteiger partial charge on any atom is 0.175 e. The van der Waals surface area contributed by atoms with Crippen molar-refractivity contribution in [2.75, 3.05) is 0 Å². The van der Waals surface area contributed by atoms with Crippen LogP contribution in [0.3, 0.4) is 0 Å². The SMILES string of the molecule is Cc1cc(Cl)c2cnc(-c3cccc4ccc(F)c(C#C[Si](C(C)C)(C(C)C)C(C)C)c34)c(F)c2n1. The molecule has 4 aromatic rings. The van der Waals surface area contributed by atoms with Gasteiger partial charge in [0.25, 0.3) is 0 Å². The third kappa shape index (κ3) is 4.31. The van der Waals surface area contributed by atoms with E-state index in [4.69, 9.17) is 11.6 Å². The number of benzene rings is 2. The third-order valence-corrected chi connectivity index (χ3v) is 14.0. The molecule has 2 aromatic heterocycles. The maximum absolute atomic E-state index is 15.9. The van der Waals surface area contributed by atoms with Crippen molar-refractivity contribution in [2.45, 2.75) is 65.1 Å². The zero-order chi connectivity index (χ0) is 26.4. The summed E-state index contributed by atoms with van der Waals surface area (Å²) >= 11 is 6.32. The number of nitrogens with zero attached hydrogens (tertiary/aromatic N) is 2. The Morgan fingerprint density at radius 1 is 0.944 bits per heavy atom. The largest absolute Gasteiger partial charge is 0.252 e. The van der Waals surface area contributed by atoms with E-state index in [9.17, 15) is 0 Å². The molecule has 0 saturated carbocycles. The molecule has 0 unspecified atom stereocenters. The second kappa shape index (κ2) is 9.92. The summed E-state index contributed by atoms with van der Waals surface area (Å²) in [6.45, 7) is 15.1. The van der Waals surface area contributed by atoms with Crippen molar-refractivity contribution in [3.8, 4) is 22.7 Å². The molecular weight excluding hydrogens is 490 g/mol. The summed E-state index contributed by atoms with van der Waals surface area (Å²) in [5.41, 5.74) is 6.48. The van der Waals surface area contributed by atoms with E-state index in [-0.39, 0.29) is 11.2 Å². The van der Waals surface area contributed by atoms with Crippen molar-refractivity contribution in [3.05, 3.63) is 70.5 Å². The van der Waals surface area contributed by atoms with Gasteiger partial charge in [0.2, 0.25) is 0 Å². The van der Waals surface area contributed by atoms with Gasteiger partial charge in [0, 0.05) is 28.2 Å². The minimum Gasteiger partial charge on any atom is -0.252 e. The van der Waals surface area contributed by atoms with Gasteiger partial charge >= 0.3 is 0 Å². The number of hydrogen-bond acceptors (Lipinski definition) is 2. The Morgan fingerprint density at radius 3 is 2.25 bits per heavy atom. The second-order valence-electron chi connectivity index (χ2n) is 10.4. The predicted octanol–water partition coefficient (Wildman–Crippen LogP) is 9.26. The molecule has 0 saturated heterocycles. The van der Waals surface area contributed by atoms with E-state index < -0.39 is 19.7 Å². The van der Waals surface area contributed by atoms with E-state index in [1.54, 1.807) is 25.1 Å². The summed E-state index contributed by atoms with van der Waals surface area (Å²) in [6, 6.07) is 10.3. The van der Waals surface area contributed by atoms with Gasteiger partial charge in [-0.25, -0.2) is 13.8 Å². The molecule has 0 fully saturated rings. The fraction of sp³-hybridized carbons (Fsp3) is 0.333. The fourth-order valence-electron chi connectivity index (χ4n) is 5.70. The van der Waals surface area contributed by atoms with Crippen molar-refractivity contribution >= 4 is 41.4 Å². The predicted molar refractivity (Wildman–Crippen MR) is 150 cm³/mol. The molecule has 0 aliphatic rings. The lowest BCUT2D eigenvalue weighted by molar-refractivity contribution is 0.626. The van der Waals surface area contributed by atoms with Gasteiger partial charge in [-0.15, -0.1) is 5.54 Å². The standard InChI is InChI=1S/C30H31ClF2N2Si/c1-17(2)36(18(3)4,19(5)6)14-13-22-26(32)12-11-21-9-8-10-23(27(21)22)29-28(33)30-24(16-34-29)25(31)15-20(7)35-30/h8-12,15-19H,1-7H3. The smallest absolute Gasteiger partial charge is 0.175 e. The summed E-state index contributed by atoms with van der Waals surface area (Å²) in [5.74, 6) is 2.28. The number of hydrogen-bond donors (Lipinski definition) is 0. The van der Waals surface area contributed by atoms with Crippen LogP contribution in [0.15, 0.2) is 42.6 Å². The topological polar surface area (TPSA) is 25.8 Å². The molecule has 0 atom stereocenters. The third-order valence-electron chi connectivity index (χ3n) is 7.39.